The van der Waals surface area contributed by atoms with Crippen molar-refractivity contribution in [1.82, 2.24) is 15.2 Å². The van der Waals surface area contributed by atoms with Crippen LogP contribution in [0.5, 0.6) is 0 Å². The minimum Gasteiger partial charge on any atom is -0.477 e. The first-order chi connectivity index (χ1) is 14.8. The fourth-order valence-electron chi connectivity index (χ4n) is 2.90. The van der Waals surface area contributed by atoms with Crippen LogP contribution in [-0.2, 0) is 24.0 Å². The van der Waals surface area contributed by atoms with E-state index in [1.807, 2.05) is 0 Å². The molecule has 166 valence electrons. The molecule has 3 amide bonds. The highest BCUT2D eigenvalue weighted by molar-refractivity contribution is 8.00. The molecule has 1 saturated heterocycles. The SMILES string of the molecule is CO/N=C(\C(=O)NC1C(=O)N2C(C(=O)O)=C(CO)CS[C@H]12)c1csc(NC(=O)CCl)n1. The second kappa shape index (κ2) is 9.64. The normalized spacial score (nSPS) is 20.7. The molecule has 1 unspecified atom stereocenters. The fourth-order valence-corrected chi connectivity index (χ4v) is 5.02. The summed E-state index contributed by atoms with van der Waals surface area (Å²) < 4.78 is 0. The number of oxime groups is 1. The van der Waals surface area contributed by atoms with E-state index in [1.54, 1.807) is 0 Å². The first kappa shape index (κ1) is 23.0. The molecular formula is C16H16ClN5O7S2. The number of aliphatic hydroxyl groups excluding tert-OH is 1. The van der Waals surface area contributed by atoms with Gasteiger partial charge in [0.05, 0.1) is 6.61 Å². The summed E-state index contributed by atoms with van der Waals surface area (Å²) in [4.78, 5) is 58.1. The minimum absolute atomic E-state index is 0.0998. The highest BCUT2D eigenvalue weighted by Crippen LogP contribution is 2.40. The van der Waals surface area contributed by atoms with E-state index in [0.29, 0.717) is 0 Å². The van der Waals surface area contributed by atoms with Crippen molar-refractivity contribution in [1.29, 1.82) is 0 Å². The molecule has 1 aromatic rings. The van der Waals surface area contributed by atoms with Crippen molar-refractivity contribution in [3.63, 3.8) is 0 Å². The van der Waals surface area contributed by atoms with Crippen molar-refractivity contribution in [2.24, 2.45) is 5.16 Å². The number of fused-ring (bicyclic) bond motifs is 1. The van der Waals surface area contributed by atoms with Crippen molar-refractivity contribution >= 4 is 69.2 Å². The second-order valence-electron chi connectivity index (χ2n) is 6.12. The first-order valence-corrected chi connectivity index (χ1v) is 11.0. The average molecular weight is 490 g/mol. The molecule has 0 saturated carbocycles. The van der Waals surface area contributed by atoms with Gasteiger partial charge in [0, 0.05) is 11.1 Å². The van der Waals surface area contributed by atoms with Crippen LogP contribution in [0.2, 0.25) is 0 Å². The number of hydrogen-bond donors (Lipinski definition) is 4. The minimum atomic E-state index is -1.33. The number of thiazole rings is 1. The van der Waals surface area contributed by atoms with Gasteiger partial charge in [0.15, 0.2) is 10.8 Å². The number of aliphatic hydroxyl groups is 1. The number of thioether (sulfide) groups is 1. The largest absolute Gasteiger partial charge is 0.477 e. The Morgan fingerprint density at radius 3 is 2.81 bits per heavy atom. The number of nitrogens with zero attached hydrogens (tertiary/aromatic N) is 3. The Kier molecular flexibility index (Phi) is 7.15. The number of alkyl halides is 1. The molecule has 0 radical (unpaired) electrons. The number of β-lactam (4-membered cyclic amide) rings is 1. The molecule has 0 aromatic carbocycles. The number of anilines is 1. The Balaban J connectivity index is 1.75. The Hall–Kier alpha value is -2.68. The van der Waals surface area contributed by atoms with Gasteiger partial charge in [0.2, 0.25) is 5.91 Å². The lowest BCUT2D eigenvalue weighted by molar-refractivity contribution is -0.150. The second-order valence-corrected chi connectivity index (χ2v) is 8.35. The number of hydrogen-bond acceptors (Lipinski definition) is 10. The molecule has 1 fully saturated rings. The summed E-state index contributed by atoms with van der Waals surface area (Å²) in [7, 11) is 1.23. The van der Waals surface area contributed by atoms with Crippen LogP contribution < -0.4 is 10.6 Å². The van der Waals surface area contributed by atoms with E-state index in [-0.39, 0.29) is 39.4 Å². The third kappa shape index (κ3) is 4.51. The van der Waals surface area contributed by atoms with E-state index in [4.69, 9.17) is 16.4 Å². The zero-order valence-corrected chi connectivity index (χ0v) is 18.2. The third-order valence-corrected chi connectivity index (χ3v) is 6.58. The molecular weight excluding hydrogens is 474 g/mol. The highest BCUT2D eigenvalue weighted by atomic mass is 35.5. The third-order valence-electron chi connectivity index (χ3n) is 4.24. The van der Waals surface area contributed by atoms with Crippen LogP contribution in [0.1, 0.15) is 5.69 Å². The number of rotatable bonds is 8. The van der Waals surface area contributed by atoms with Crippen molar-refractivity contribution < 1.29 is 34.2 Å². The van der Waals surface area contributed by atoms with Crippen LogP contribution in [-0.4, -0.2) is 86.3 Å². The number of halogens is 1. The maximum absolute atomic E-state index is 12.8. The van der Waals surface area contributed by atoms with Gasteiger partial charge in [-0.05, 0) is 5.57 Å². The molecule has 4 N–H and O–H groups in total. The lowest BCUT2D eigenvalue weighted by atomic mass is 10.0. The molecule has 3 heterocycles. The predicted molar refractivity (Wildman–Crippen MR) is 112 cm³/mol. The summed E-state index contributed by atoms with van der Waals surface area (Å²) in [5.74, 6) is -3.26. The number of carboxylic acids is 1. The molecule has 1 aromatic heterocycles. The zero-order valence-electron chi connectivity index (χ0n) is 15.8. The van der Waals surface area contributed by atoms with Gasteiger partial charge in [0.25, 0.3) is 11.8 Å². The van der Waals surface area contributed by atoms with Crippen LogP contribution in [0.4, 0.5) is 5.13 Å². The van der Waals surface area contributed by atoms with Crippen molar-refractivity contribution in [2.45, 2.75) is 11.4 Å². The first-order valence-electron chi connectivity index (χ1n) is 8.56. The molecule has 3 rings (SSSR count). The van der Waals surface area contributed by atoms with Crippen LogP contribution in [0, 0.1) is 0 Å². The molecule has 0 spiro atoms. The smallest absolute Gasteiger partial charge is 0.352 e. The topological polar surface area (TPSA) is 171 Å². The number of carbonyl (C=O) groups excluding carboxylic acids is 3. The fraction of sp³-hybridized carbons (Fsp3) is 0.375. The van der Waals surface area contributed by atoms with E-state index in [0.717, 1.165) is 16.2 Å². The lowest BCUT2D eigenvalue weighted by Gasteiger charge is -2.49. The Labute approximate surface area is 188 Å². The molecule has 2 atom stereocenters. The standard InChI is InChI=1S/C16H16ClN5O7S2/c1-29-21-9(7-5-31-16(18-7)19-8(24)2-17)12(25)20-10-13(26)22-11(15(27)28)6(3-23)4-30-14(10)22/h5,10,14,23H,2-4H2,1H3,(H,20,25)(H,27,28)(H,18,19,24)/b21-9-/t10?,14-/m1/s1. The van der Waals surface area contributed by atoms with Gasteiger partial charge in [-0.3, -0.25) is 19.3 Å². The van der Waals surface area contributed by atoms with Gasteiger partial charge in [-0.1, -0.05) is 5.16 Å². The summed E-state index contributed by atoms with van der Waals surface area (Å²) >= 11 is 7.69. The van der Waals surface area contributed by atoms with Crippen LogP contribution in [0.3, 0.4) is 0 Å². The van der Waals surface area contributed by atoms with Crippen molar-refractivity contribution in [2.75, 3.05) is 30.7 Å². The summed E-state index contributed by atoms with van der Waals surface area (Å²) in [6, 6.07) is -0.997. The van der Waals surface area contributed by atoms with E-state index in [9.17, 15) is 29.4 Å². The van der Waals surface area contributed by atoms with Gasteiger partial charge >= 0.3 is 5.97 Å². The van der Waals surface area contributed by atoms with Gasteiger partial charge in [-0.25, -0.2) is 9.78 Å². The zero-order chi connectivity index (χ0) is 22.7. The molecule has 12 nitrogen and oxygen atoms in total. The molecule has 0 aliphatic carbocycles. The Morgan fingerprint density at radius 2 is 2.19 bits per heavy atom. The quantitative estimate of drug-likeness (QED) is 0.161. The van der Waals surface area contributed by atoms with Gasteiger partial charge in [-0.2, -0.15) is 0 Å². The molecule has 15 heteroatoms. The summed E-state index contributed by atoms with van der Waals surface area (Å²) in [6.07, 6.45) is 0. The van der Waals surface area contributed by atoms with Gasteiger partial charge in [0.1, 0.15) is 35.8 Å². The number of aliphatic carboxylic acids is 1. The van der Waals surface area contributed by atoms with Crippen molar-refractivity contribution in [3.05, 3.63) is 22.3 Å². The Bertz CT molecular complexity index is 995. The van der Waals surface area contributed by atoms with E-state index in [2.05, 4.69) is 20.8 Å². The highest BCUT2D eigenvalue weighted by Gasteiger charge is 2.54. The van der Waals surface area contributed by atoms with Crippen LogP contribution in [0.25, 0.3) is 0 Å². The van der Waals surface area contributed by atoms with Crippen LogP contribution >= 0.6 is 34.7 Å². The molecule has 2 aliphatic rings. The molecule has 0 bridgehead atoms. The van der Waals surface area contributed by atoms with Crippen molar-refractivity contribution in [3.8, 4) is 0 Å². The summed E-state index contributed by atoms with van der Waals surface area (Å²) in [5, 5.41) is 28.4. The number of carbonyl (C=O) groups is 4. The maximum Gasteiger partial charge on any atom is 0.352 e. The van der Waals surface area contributed by atoms with Crippen LogP contribution in [0.15, 0.2) is 21.8 Å². The maximum atomic E-state index is 12.8. The average Bonchev–Trinajstić information content (AvgIpc) is 3.21. The predicted octanol–water partition coefficient (Wildman–Crippen LogP) is -0.598. The number of aromatic nitrogens is 1. The summed E-state index contributed by atoms with van der Waals surface area (Å²) in [5.41, 5.74) is -0.181. The number of nitrogens with one attached hydrogen (secondary N) is 2. The lowest BCUT2D eigenvalue weighted by Crippen LogP contribution is -2.71. The van der Waals surface area contributed by atoms with E-state index in [1.165, 1.54) is 24.3 Å². The molecule has 31 heavy (non-hydrogen) atoms. The van der Waals surface area contributed by atoms with E-state index < -0.39 is 41.7 Å². The monoisotopic (exact) mass is 489 g/mol. The Morgan fingerprint density at radius 1 is 1.45 bits per heavy atom. The van der Waals surface area contributed by atoms with Gasteiger partial charge < -0.3 is 25.7 Å². The number of amides is 3. The van der Waals surface area contributed by atoms with E-state index >= 15 is 0 Å². The summed E-state index contributed by atoms with van der Waals surface area (Å²) in [6.45, 7) is -0.487. The number of carboxylic acid groups (broad SMARTS) is 1. The molecule has 2 aliphatic heterocycles. The van der Waals surface area contributed by atoms with Gasteiger partial charge in [-0.15, -0.1) is 34.7 Å².